The summed E-state index contributed by atoms with van der Waals surface area (Å²) in [7, 11) is 0. The van der Waals surface area contributed by atoms with E-state index < -0.39 is 5.97 Å². The summed E-state index contributed by atoms with van der Waals surface area (Å²) in [6.07, 6.45) is 6.41. The van der Waals surface area contributed by atoms with E-state index in [1.54, 1.807) is 0 Å². The highest BCUT2D eigenvalue weighted by atomic mass is 35.5. The number of aromatic nitrogens is 2. The molecule has 5 nitrogen and oxygen atoms in total. The zero-order valence-corrected chi connectivity index (χ0v) is 20.5. The number of halogens is 1. The van der Waals surface area contributed by atoms with Crippen molar-refractivity contribution in [1.29, 1.82) is 0 Å². The lowest BCUT2D eigenvalue weighted by Gasteiger charge is -2.28. The standard InChI is InChI=1S/C28H33ClN2O3/c1-2-6-25-27(22-7-4-3-5-8-22)28(23-13-15-24(29)16-14-23)30-31(25)17-20-9-11-21(12-10-20)18-34-19-26(32)33/h3-5,7-8,13-16,20-21H,2,6,9-12,17-19H2,1H3,(H,32,33). The average Bonchev–Trinajstić information content (AvgIpc) is 3.19. The van der Waals surface area contributed by atoms with Crippen LogP contribution in [0.25, 0.3) is 22.4 Å². The first-order chi connectivity index (χ1) is 16.5. The summed E-state index contributed by atoms with van der Waals surface area (Å²) in [6.45, 7) is 3.46. The summed E-state index contributed by atoms with van der Waals surface area (Å²) < 4.78 is 7.59. The molecule has 1 N–H and O–H groups in total. The fourth-order valence-corrected chi connectivity index (χ4v) is 5.12. The van der Waals surface area contributed by atoms with Crippen LogP contribution in [0.15, 0.2) is 54.6 Å². The Morgan fingerprint density at radius 2 is 1.71 bits per heavy atom. The van der Waals surface area contributed by atoms with E-state index in [0.717, 1.165) is 61.3 Å². The van der Waals surface area contributed by atoms with Crippen LogP contribution in [0.1, 0.15) is 44.7 Å². The number of ether oxygens (including phenoxy) is 1. The van der Waals surface area contributed by atoms with Gasteiger partial charge in [-0.2, -0.15) is 5.10 Å². The van der Waals surface area contributed by atoms with Crippen LogP contribution in [0.5, 0.6) is 0 Å². The fraction of sp³-hybridized carbons (Fsp3) is 0.429. The molecule has 3 aromatic rings. The molecule has 1 aliphatic rings. The zero-order chi connectivity index (χ0) is 23.9. The molecule has 2 aromatic carbocycles. The van der Waals surface area contributed by atoms with Crippen LogP contribution in [0, 0.1) is 11.8 Å². The van der Waals surface area contributed by atoms with Crippen molar-refractivity contribution in [2.75, 3.05) is 13.2 Å². The molecule has 1 aliphatic carbocycles. The SMILES string of the molecule is CCCc1c(-c2ccccc2)c(-c2ccc(Cl)cc2)nn1CC1CCC(COCC(=O)O)CC1. The predicted molar refractivity (Wildman–Crippen MR) is 136 cm³/mol. The first-order valence-electron chi connectivity index (χ1n) is 12.3. The number of hydrogen-bond acceptors (Lipinski definition) is 3. The molecule has 6 heteroatoms. The third-order valence-electron chi connectivity index (χ3n) is 6.70. The Balaban J connectivity index is 1.58. The molecule has 0 radical (unpaired) electrons. The van der Waals surface area contributed by atoms with E-state index in [9.17, 15) is 4.79 Å². The van der Waals surface area contributed by atoms with Gasteiger partial charge in [0, 0.05) is 28.4 Å². The molecule has 180 valence electrons. The second-order valence-electron chi connectivity index (χ2n) is 9.27. The quantitative estimate of drug-likeness (QED) is 0.349. The maximum absolute atomic E-state index is 10.7. The minimum absolute atomic E-state index is 0.205. The van der Waals surface area contributed by atoms with Crippen molar-refractivity contribution in [2.45, 2.75) is 52.0 Å². The number of carboxylic acids is 1. The van der Waals surface area contributed by atoms with Gasteiger partial charge in [-0.25, -0.2) is 4.79 Å². The van der Waals surface area contributed by atoms with Gasteiger partial charge in [-0.05, 0) is 61.6 Å². The van der Waals surface area contributed by atoms with E-state index in [4.69, 9.17) is 26.5 Å². The van der Waals surface area contributed by atoms with Gasteiger partial charge in [0.15, 0.2) is 0 Å². The van der Waals surface area contributed by atoms with E-state index in [0.29, 0.717) is 18.4 Å². The maximum atomic E-state index is 10.7. The number of benzene rings is 2. The van der Waals surface area contributed by atoms with Gasteiger partial charge in [0.2, 0.25) is 0 Å². The summed E-state index contributed by atoms with van der Waals surface area (Å²) >= 11 is 6.17. The molecule has 0 bridgehead atoms. The molecular formula is C28H33ClN2O3. The van der Waals surface area contributed by atoms with Gasteiger partial charge >= 0.3 is 5.97 Å². The molecule has 1 aromatic heterocycles. The van der Waals surface area contributed by atoms with E-state index in [2.05, 4.69) is 48.0 Å². The van der Waals surface area contributed by atoms with E-state index in [1.165, 1.54) is 16.8 Å². The lowest BCUT2D eigenvalue weighted by molar-refractivity contribution is -0.142. The van der Waals surface area contributed by atoms with Crippen molar-refractivity contribution in [3.63, 3.8) is 0 Å². The van der Waals surface area contributed by atoms with Crippen molar-refractivity contribution in [2.24, 2.45) is 11.8 Å². The van der Waals surface area contributed by atoms with E-state index in [-0.39, 0.29) is 6.61 Å². The molecule has 0 saturated heterocycles. The van der Waals surface area contributed by atoms with E-state index in [1.807, 2.05) is 18.2 Å². The number of carboxylic acid groups (broad SMARTS) is 1. The molecule has 1 heterocycles. The molecule has 0 spiro atoms. The van der Waals surface area contributed by atoms with Crippen LogP contribution in [-0.2, 0) is 22.5 Å². The minimum Gasteiger partial charge on any atom is -0.480 e. The molecule has 1 saturated carbocycles. The van der Waals surface area contributed by atoms with Gasteiger partial charge in [0.05, 0.1) is 6.61 Å². The lowest BCUT2D eigenvalue weighted by Crippen LogP contribution is -2.23. The number of rotatable bonds is 10. The topological polar surface area (TPSA) is 64.4 Å². The zero-order valence-electron chi connectivity index (χ0n) is 19.8. The van der Waals surface area contributed by atoms with Gasteiger partial charge < -0.3 is 9.84 Å². The number of aliphatic carboxylic acids is 1. The Morgan fingerprint density at radius 3 is 2.35 bits per heavy atom. The summed E-state index contributed by atoms with van der Waals surface area (Å²) in [6, 6.07) is 18.5. The van der Waals surface area contributed by atoms with Gasteiger partial charge in [-0.1, -0.05) is 67.4 Å². The average molecular weight is 481 g/mol. The highest BCUT2D eigenvalue weighted by Crippen LogP contribution is 2.37. The maximum Gasteiger partial charge on any atom is 0.329 e. The number of hydrogen-bond donors (Lipinski definition) is 1. The van der Waals surface area contributed by atoms with Crippen molar-refractivity contribution < 1.29 is 14.6 Å². The van der Waals surface area contributed by atoms with Crippen LogP contribution in [0.4, 0.5) is 0 Å². The highest BCUT2D eigenvalue weighted by Gasteiger charge is 2.25. The molecule has 0 aliphatic heterocycles. The van der Waals surface area contributed by atoms with Crippen LogP contribution >= 0.6 is 11.6 Å². The van der Waals surface area contributed by atoms with Gasteiger partial charge in [-0.3, -0.25) is 4.68 Å². The highest BCUT2D eigenvalue weighted by molar-refractivity contribution is 6.30. The Morgan fingerprint density at radius 1 is 1.03 bits per heavy atom. The first-order valence-corrected chi connectivity index (χ1v) is 12.6. The molecule has 0 unspecified atom stereocenters. The number of nitrogens with zero attached hydrogens (tertiary/aromatic N) is 2. The molecule has 34 heavy (non-hydrogen) atoms. The summed E-state index contributed by atoms with van der Waals surface area (Å²) in [5, 5.41) is 14.7. The van der Waals surface area contributed by atoms with Crippen LogP contribution in [0.3, 0.4) is 0 Å². The molecular weight excluding hydrogens is 448 g/mol. The lowest BCUT2D eigenvalue weighted by atomic mass is 9.82. The molecule has 1 fully saturated rings. The molecule has 0 amide bonds. The first kappa shape index (κ1) is 24.5. The van der Waals surface area contributed by atoms with E-state index >= 15 is 0 Å². The number of carbonyl (C=O) groups is 1. The fourth-order valence-electron chi connectivity index (χ4n) is 4.99. The van der Waals surface area contributed by atoms with Gasteiger partial charge in [0.1, 0.15) is 12.3 Å². The summed E-state index contributed by atoms with van der Waals surface area (Å²) in [5.74, 6) is 0.113. The van der Waals surface area contributed by atoms with Crippen molar-refractivity contribution >= 4 is 17.6 Å². The molecule has 0 atom stereocenters. The molecule has 4 rings (SSSR count). The second kappa shape index (κ2) is 11.7. The Kier molecular flexibility index (Phi) is 8.41. The Labute approximate surface area is 206 Å². The van der Waals surface area contributed by atoms with Crippen LogP contribution in [-0.4, -0.2) is 34.1 Å². The van der Waals surface area contributed by atoms with Crippen molar-refractivity contribution in [3.05, 3.63) is 65.3 Å². The predicted octanol–water partition coefficient (Wildman–Crippen LogP) is 6.73. The Hall–Kier alpha value is -2.63. The summed E-state index contributed by atoms with van der Waals surface area (Å²) in [4.78, 5) is 10.7. The van der Waals surface area contributed by atoms with Crippen molar-refractivity contribution in [3.8, 4) is 22.4 Å². The third-order valence-corrected chi connectivity index (χ3v) is 6.95. The smallest absolute Gasteiger partial charge is 0.329 e. The normalized spacial score (nSPS) is 18.2. The van der Waals surface area contributed by atoms with Gasteiger partial charge in [-0.15, -0.1) is 0 Å². The van der Waals surface area contributed by atoms with Crippen LogP contribution in [0.2, 0.25) is 5.02 Å². The largest absolute Gasteiger partial charge is 0.480 e. The monoisotopic (exact) mass is 480 g/mol. The summed E-state index contributed by atoms with van der Waals surface area (Å²) in [5.41, 5.74) is 5.81. The minimum atomic E-state index is -0.901. The Bertz CT molecular complexity index is 1070. The van der Waals surface area contributed by atoms with Crippen molar-refractivity contribution in [1.82, 2.24) is 9.78 Å². The van der Waals surface area contributed by atoms with Gasteiger partial charge in [0.25, 0.3) is 0 Å². The third kappa shape index (κ3) is 6.08. The van der Waals surface area contributed by atoms with Crippen LogP contribution < -0.4 is 0 Å². The second-order valence-corrected chi connectivity index (χ2v) is 9.71.